The molecule has 0 N–H and O–H groups in total. The van der Waals surface area contributed by atoms with Gasteiger partial charge in [0.25, 0.3) is 0 Å². The fourth-order valence-corrected chi connectivity index (χ4v) is 5.79. The highest BCUT2D eigenvalue weighted by Crippen LogP contribution is 2.37. The first-order valence-corrected chi connectivity index (χ1v) is 14.9. The maximum Gasteiger partial charge on any atom is 0.0700 e. The number of benzene rings is 4. The van der Waals surface area contributed by atoms with Crippen molar-refractivity contribution in [2.24, 2.45) is 0 Å². The molecule has 4 nitrogen and oxygen atoms in total. The maximum atomic E-state index is 5.91. The van der Waals surface area contributed by atoms with E-state index in [4.69, 9.17) is 9.47 Å². The Kier molecular flexibility index (Phi) is 10.2. The average molecular weight is 537 g/mol. The molecule has 4 heteroatoms. The van der Waals surface area contributed by atoms with Crippen LogP contribution in [0.3, 0.4) is 0 Å². The van der Waals surface area contributed by atoms with Gasteiger partial charge in [0.05, 0.1) is 19.8 Å². The largest absolute Gasteiger partial charge is 0.379 e. The maximum absolute atomic E-state index is 5.91. The van der Waals surface area contributed by atoms with Crippen molar-refractivity contribution in [3.63, 3.8) is 0 Å². The quantitative estimate of drug-likeness (QED) is 0.159. The number of hydrogen-bond acceptors (Lipinski definition) is 4. The Labute approximate surface area is 240 Å². The second-order valence-corrected chi connectivity index (χ2v) is 11.1. The number of ether oxygens (including phenoxy) is 2. The van der Waals surface area contributed by atoms with E-state index in [0.29, 0.717) is 13.2 Å². The molecule has 0 fully saturated rings. The average Bonchev–Trinajstić information content (AvgIpc) is 3.13. The zero-order chi connectivity index (χ0) is 27.6. The summed E-state index contributed by atoms with van der Waals surface area (Å²) in [5, 5.41) is 2.61. The molecule has 4 aromatic carbocycles. The number of rotatable bonds is 14. The molecule has 0 aromatic heterocycles. The fourth-order valence-electron chi connectivity index (χ4n) is 5.79. The number of nitrogens with zero attached hydrogens (tertiary/aromatic N) is 2. The van der Waals surface area contributed by atoms with Crippen molar-refractivity contribution in [2.75, 3.05) is 58.5 Å². The lowest BCUT2D eigenvalue weighted by Gasteiger charge is -2.28. The summed E-state index contributed by atoms with van der Waals surface area (Å²) < 4.78 is 11.8. The Bertz CT molecular complexity index is 1360. The van der Waals surface area contributed by atoms with Crippen LogP contribution in [0.1, 0.15) is 35.1 Å². The first kappa shape index (κ1) is 28.4. The van der Waals surface area contributed by atoms with Crippen molar-refractivity contribution in [1.29, 1.82) is 0 Å². The first-order valence-electron chi connectivity index (χ1n) is 14.9. The summed E-state index contributed by atoms with van der Waals surface area (Å²) in [5.74, 6) is 0. The normalized spacial score (nSPS) is 12.9. The number of para-hydroxylation sites is 1. The van der Waals surface area contributed by atoms with E-state index in [-0.39, 0.29) is 0 Å². The number of anilines is 2. The van der Waals surface area contributed by atoms with Gasteiger partial charge in [0.2, 0.25) is 0 Å². The minimum atomic E-state index is 0.644. The molecule has 0 atom stereocenters. The monoisotopic (exact) mass is 536 g/mol. The van der Waals surface area contributed by atoms with Crippen LogP contribution in [0.5, 0.6) is 0 Å². The van der Waals surface area contributed by atoms with Gasteiger partial charge in [0.1, 0.15) is 0 Å². The Morgan fingerprint density at radius 2 is 1.43 bits per heavy atom. The predicted octanol–water partition coefficient (Wildman–Crippen LogP) is 7.24. The van der Waals surface area contributed by atoms with Crippen LogP contribution in [0.2, 0.25) is 0 Å². The summed E-state index contributed by atoms with van der Waals surface area (Å²) in [4.78, 5) is 4.84. The smallest absolute Gasteiger partial charge is 0.0700 e. The lowest BCUT2D eigenvalue weighted by molar-refractivity contribution is 0.0482. The van der Waals surface area contributed by atoms with Crippen molar-refractivity contribution in [2.45, 2.75) is 38.5 Å². The van der Waals surface area contributed by atoms with Crippen LogP contribution in [-0.2, 0) is 35.2 Å². The Morgan fingerprint density at radius 1 is 0.675 bits per heavy atom. The van der Waals surface area contributed by atoms with Crippen LogP contribution in [0, 0.1) is 0 Å². The number of hydrogen-bond donors (Lipinski definition) is 0. The van der Waals surface area contributed by atoms with Gasteiger partial charge in [-0.1, -0.05) is 72.8 Å². The first-order chi connectivity index (χ1) is 19.7. The van der Waals surface area contributed by atoms with E-state index < -0.39 is 0 Å². The molecule has 210 valence electrons. The second kappa shape index (κ2) is 14.5. The van der Waals surface area contributed by atoms with Crippen molar-refractivity contribution in [3.05, 3.63) is 107 Å². The van der Waals surface area contributed by atoms with Crippen LogP contribution in [0.25, 0.3) is 10.8 Å². The van der Waals surface area contributed by atoms with E-state index in [9.17, 15) is 0 Å². The molecule has 1 heterocycles. The van der Waals surface area contributed by atoms with Gasteiger partial charge in [0.15, 0.2) is 0 Å². The van der Waals surface area contributed by atoms with Crippen LogP contribution >= 0.6 is 0 Å². The summed E-state index contributed by atoms with van der Waals surface area (Å²) in [7, 11) is 4.31. The third-order valence-electron chi connectivity index (χ3n) is 7.90. The molecule has 0 aliphatic carbocycles. The van der Waals surface area contributed by atoms with E-state index >= 15 is 0 Å². The summed E-state index contributed by atoms with van der Waals surface area (Å²) in [6.07, 6.45) is 6.32. The molecule has 0 bridgehead atoms. The molecule has 1 aliphatic heterocycles. The highest BCUT2D eigenvalue weighted by atomic mass is 16.5. The van der Waals surface area contributed by atoms with E-state index in [0.717, 1.165) is 64.8 Å². The summed E-state index contributed by atoms with van der Waals surface area (Å²) >= 11 is 0. The van der Waals surface area contributed by atoms with Gasteiger partial charge in [-0.2, -0.15) is 0 Å². The molecule has 0 spiro atoms. The van der Waals surface area contributed by atoms with Crippen molar-refractivity contribution in [1.82, 2.24) is 4.90 Å². The lowest BCUT2D eigenvalue weighted by Crippen LogP contribution is -2.24. The Balaban J connectivity index is 1.07. The molecule has 0 saturated carbocycles. The minimum absolute atomic E-state index is 0.644. The molecule has 40 heavy (non-hydrogen) atoms. The highest BCUT2D eigenvalue weighted by Gasteiger charge is 2.20. The van der Waals surface area contributed by atoms with Gasteiger partial charge in [-0.3, -0.25) is 0 Å². The third kappa shape index (κ3) is 7.51. The fraction of sp³-hybridized carbons (Fsp3) is 0.389. The zero-order valence-electron chi connectivity index (χ0n) is 24.3. The van der Waals surface area contributed by atoms with Gasteiger partial charge in [-0.25, -0.2) is 0 Å². The summed E-state index contributed by atoms with van der Waals surface area (Å²) in [6.45, 7) is 4.91. The van der Waals surface area contributed by atoms with Gasteiger partial charge in [-0.15, -0.1) is 0 Å². The standard InChI is InChI=1S/C36H44N2O2/c1-37(2)22-9-23-38-35-16-6-4-12-32(35)19-20-33-18-17-29(28-36(33)38)10-8-24-39-26-27-40-25-21-31-14-7-13-30-11-3-5-15-34(30)31/h3-7,11-18,28H,8-10,19-27H2,1-2H3. The Morgan fingerprint density at radius 3 is 2.30 bits per heavy atom. The van der Waals surface area contributed by atoms with Gasteiger partial charge < -0.3 is 19.3 Å². The number of fused-ring (bicyclic) bond motifs is 3. The van der Waals surface area contributed by atoms with E-state index in [1.807, 2.05) is 0 Å². The van der Waals surface area contributed by atoms with Gasteiger partial charge in [0, 0.05) is 24.5 Å². The zero-order valence-corrected chi connectivity index (χ0v) is 24.3. The molecular formula is C36H44N2O2. The summed E-state index contributed by atoms with van der Waals surface area (Å²) in [6, 6.07) is 31.1. The van der Waals surface area contributed by atoms with Crippen LogP contribution in [0.4, 0.5) is 11.4 Å². The van der Waals surface area contributed by atoms with E-state index in [1.165, 1.54) is 44.4 Å². The summed E-state index contributed by atoms with van der Waals surface area (Å²) in [5.41, 5.74) is 8.42. The predicted molar refractivity (Wildman–Crippen MR) is 168 cm³/mol. The van der Waals surface area contributed by atoms with Crippen LogP contribution in [-0.4, -0.2) is 58.5 Å². The third-order valence-corrected chi connectivity index (χ3v) is 7.90. The van der Waals surface area contributed by atoms with Crippen LogP contribution < -0.4 is 4.90 Å². The molecule has 1 aliphatic rings. The van der Waals surface area contributed by atoms with Crippen LogP contribution in [0.15, 0.2) is 84.9 Å². The van der Waals surface area contributed by atoms with Gasteiger partial charge >= 0.3 is 0 Å². The molecule has 0 saturated heterocycles. The SMILES string of the molecule is CN(C)CCCN1c2ccccc2CCc2ccc(CCCOCCOCCc3cccc4ccccc34)cc21. The van der Waals surface area contributed by atoms with Crippen molar-refractivity contribution < 1.29 is 9.47 Å². The molecule has 0 radical (unpaired) electrons. The Hall–Kier alpha value is -3.18. The molecule has 5 rings (SSSR count). The molecular weight excluding hydrogens is 492 g/mol. The number of aryl methyl sites for hydroxylation is 3. The molecule has 4 aromatic rings. The lowest BCUT2D eigenvalue weighted by atomic mass is 10.0. The van der Waals surface area contributed by atoms with E-state index in [2.05, 4.69) is 109 Å². The molecule has 0 amide bonds. The highest BCUT2D eigenvalue weighted by molar-refractivity contribution is 5.85. The van der Waals surface area contributed by atoms with E-state index in [1.54, 1.807) is 0 Å². The second-order valence-electron chi connectivity index (χ2n) is 11.1. The topological polar surface area (TPSA) is 24.9 Å². The van der Waals surface area contributed by atoms with Gasteiger partial charge in [-0.05, 0) is 104 Å². The van der Waals surface area contributed by atoms with Crippen molar-refractivity contribution in [3.8, 4) is 0 Å². The van der Waals surface area contributed by atoms with Crippen molar-refractivity contribution >= 4 is 22.1 Å². The molecule has 0 unspecified atom stereocenters. The minimum Gasteiger partial charge on any atom is -0.379 e.